The molecule has 0 aliphatic carbocycles. The Labute approximate surface area is 163 Å². The molecule has 0 atom stereocenters. The molecule has 0 unspecified atom stereocenters. The minimum Gasteiger partial charge on any atom is -0.497 e. The smallest absolute Gasteiger partial charge is 0.190 e. The SMILES string of the molecule is COc1ccc(-c2cnc(N(Cc3ccccc3)c3ccccc3)s2)cc1. The van der Waals surface area contributed by atoms with Crippen molar-refractivity contribution in [3.63, 3.8) is 0 Å². The van der Waals surface area contributed by atoms with E-state index >= 15 is 0 Å². The molecular formula is C23H20N2OS. The molecule has 134 valence electrons. The van der Waals surface area contributed by atoms with E-state index in [2.05, 4.69) is 65.6 Å². The third-order valence-electron chi connectivity index (χ3n) is 4.35. The fourth-order valence-electron chi connectivity index (χ4n) is 2.92. The summed E-state index contributed by atoms with van der Waals surface area (Å²) in [6.07, 6.45) is 1.95. The van der Waals surface area contributed by atoms with Crippen molar-refractivity contribution in [1.29, 1.82) is 0 Å². The number of thiazole rings is 1. The second-order valence-electron chi connectivity index (χ2n) is 6.14. The molecule has 0 radical (unpaired) electrons. The molecule has 4 heteroatoms. The van der Waals surface area contributed by atoms with Gasteiger partial charge in [-0.05, 0) is 47.5 Å². The Bertz CT molecular complexity index is 982. The number of hydrogen-bond acceptors (Lipinski definition) is 4. The van der Waals surface area contributed by atoms with Crippen LogP contribution in [0, 0.1) is 0 Å². The molecule has 0 fully saturated rings. The first kappa shape index (κ1) is 17.3. The summed E-state index contributed by atoms with van der Waals surface area (Å²) in [5.74, 6) is 0.860. The van der Waals surface area contributed by atoms with E-state index < -0.39 is 0 Å². The fraction of sp³-hybridized carbons (Fsp3) is 0.0870. The van der Waals surface area contributed by atoms with E-state index in [-0.39, 0.29) is 0 Å². The van der Waals surface area contributed by atoms with Crippen molar-refractivity contribution in [2.45, 2.75) is 6.54 Å². The third-order valence-corrected chi connectivity index (χ3v) is 5.42. The van der Waals surface area contributed by atoms with Crippen LogP contribution in [0.5, 0.6) is 5.75 Å². The minimum atomic E-state index is 0.778. The van der Waals surface area contributed by atoms with E-state index in [1.165, 1.54) is 5.56 Å². The average molecular weight is 372 g/mol. The van der Waals surface area contributed by atoms with Gasteiger partial charge in [0.05, 0.1) is 18.5 Å². The van der Waals surface area contributed by atoms with Crippen LogP contribution < -0.4 is 9.64 Å². The summed E-state index contributed by atoms with van der Waals surface area (Å²) in [4.78, 5) is 8.12. The second kappa shape index (κ2) is 8.06. The lowest BCUT2D eigenvalue weighted by Crippen LogP contribution is -2.15. The molecule has 0 bridgehead atoms. The zero-order valence-corrected chi connectivity index (χ0v) is 15.9. The highest BCUT2D eigenvalue weighted by atomic mass is 32.1. The minimum absolute atomic E-state index is 0.778. The number of hydrogen-bond donors (Lipinski definition) is 0. The van der Waals surface area contributed by atoms with E-state index in [0.717, 1.165) is 33.6 Å². The van der Waals surface area contributed by atoms with Crippen molar-refractivity contribution >= 4 is 22.2 Å². The van der Waals surface area contributed by atoms with E-state index in [0.29, 0.717) is 0 Å². The van der Waals surface area contributed by atoms with Crippen LogP contribution >= 0.6 is 11.3 Å². The molecule has 0 saturated heterocycles. The van der Waals surface area contributed by atoms with Gasteiger partial charge in [-0.25, -0.2) is 4.98 Å². The van der Waals surface area contributed by atoms with Gasteiger partial charge in [0.25, 0.3) is 0 Å². The Hall–Kier alpha value is -3.11. The fourth-order valence-corrected chi connectivity index (χ4v) is 3.86. The number of ether oxygens (including phenoxy) is 1. The van der Waals surface area contributed by atoms with E-state index in [1.807, 2.05) is 30.5 Å². The van der Waals surface area contributed by atoms with Gasteiger partial charge in [0.1, 0.15) is 5.75 Å². The zero-order chi connectivity index (χ0) is 18.5. The predicted molar refractivity (Wildman–Crippen MR) is 113 cm³/mol. The van der Waals surface area contributed by atoms with Crippen LogP contribution in [0.25, 0.3) is 10.4 Å². The summed E-state index contributed by atoms with van der Waals surface area (Å²) in [5.41, 5.74) is 3.53. The Morgan fingerprint density at radius 3 is 2.19 bits per heavy atom. The summed E-state index contributed by atoms with van der Waals surface area (Å²) < 4.78 is 5.25. The van der Waals surface area contributed by atoms with Crippen LogP contribution in [-0.2, 0) is 6.54 Å². The first-order valence-corrected chi connectivity index (χ1v) is 9.62. The molecule has 0 aliphatic heterocycles. The standard InChI is InChI=1S/C23H20N2OS/c1-26-21-14-12-19(13-15-21)22-16-24-23(27-22)25(20-10-6-3-7-11-20)17-18-8-4-2-5-9-18/h2-16H,17H2,1H3. The largest absolute Gasteiger partial charge is 0.497 e. The molecule has 3 aromatic carbocycles. The Morgan fingerprint density at radius 2 is 1.52 bits per heavy atom. The van der Waals surface area contributed by atoms with Gasteiger partial charge in [-0.3, -0.25) is 0 Å². The molecular weight excluding hydrogens is 352 g/mol. The highest BCUT2D eigenvalue weighted by molar-refractivity contribution is 7.19. The number of benzene rings is 3. The highest BCUT2D eigenvalue weighted by Gasteiger charge is 2.15. The lowest BCUT2D eigenvalue weighted by Gasteiger charge is -2.22. The molecule has 0 N–H and O–H groups in total. The predicted octanol–water partition coefficient (Wildman–Crippen LogP) is 6.16. The highest BCUT2D eigenvalue weighted by Crippen LogP contribution is 2.36. The van der Waals surface area contributed by atoms with Crippen molar-refractivity contribution in [3.8, 4) is 16.2 Å². The van der Waals surface area contributed by atoms with Gasteiger partial charge in [0.15, 0.2) is 5.13 Å². The maximum atomic E-state index is 5.25. The Kier molecular flexibility index (Phi) is 5.17. The van der Waals surface area contributed by atoms with Gasteiger partial charge in [-0.1, -0.05) is 59.9 Å². The quantitative estimate of drug-likeness (QED) is 0.405. The molecule has 27 heavy (non-hydrogen) atoms. The van der Waals surface area contributed by atoms with Gasteiger partial charge in [-0.15, -0.1) is 0 Å². The van der Waals surface area contributed by atoms with Crippen LogP contribution in [0.15, 0.2) is 91.1 Å². The van der Waals surface area contributed by atoms with Crippen LogP contribution in [-0.4, -0.2) is 12.1 Å². The molecule has 0 aliphatic rings. The molecule has 0 amide bonds. The van der Waals surface area contributed by atoms with E-state index in [4.69, 9.17) is 9.72 Å². The topological polar surface area (TPSA) is 25.4 Å². The number of anilines is 2. The van der Waals surface area contributed by atoms with Crippen LogP contribution in [0.2, 0.25) is 0 Å². The van der Waals surface area contributed by atoms with Crippen molar-refractivity contribution in [3.05, 3.63) is 96.7 Å². The Morgan fingerprint density at radius 1 is 0.852 bits per heavy atom. The van der Waals surface area contributed by atoms with Crippen molar-refractivity contribution in [2.24, 2.45) is 0 Å². The number of rotatable bonds is 6. The molecule has 0 saturated carbocycles. The maximum absolute atomic E-state index is 5.25. The first-order chi connectivity index (χ1) is 13.3. The molecule has 0 spiro atoms. The maximum Gasteiger partial charge on any atom is 0.190 e. The summed E-state index contributed by atoms with van der Waals surface area (Å²) in [7, 11) is 1.68. The lowest BCUT2D eigenvalue weighted by molar-refractivity contribution is 0.415. The zero-order valence-electron chi connectivity index (χ0n) is 15.1. The number of para-hydroxylation sites is 1. The normalized spacial score (nSPS) is 10.6. The Balaban J connectivity index is 1.67. The van der Waals surface area contributed by atoms with E-state index in [9.17, 15) is 0 Å². The van der Waals surface area contributed by atoms with Gasteiger partial charge in [-0.2, -0.15) is 0 Å². The molecule has 3 nitrogen and oxygen atoms in total. The molecule has 1 heterocycles. The van der Waals surface area contributed by atoms with Gasteiger partial charge < -0.3 is 9.64 Å². The lowest BCUT2D eigenvalue weighted by atomic mass is 10.2. The van der Waals surface area contributed by atoms with Gasteiger partial charge in [0.2, 0.25) is 0 Å². The summed E-state index contributed by atoms with van der Waals surface area (Å²) in [6.45, 7) is 0.778. The number of nitrogens with zero attached hydrogens (tertiary/aromatic N) is 2. The van der Waals surface area contributed by atoms with Gasteiger partial charge in [0, 0.05) is 11.9 Å². The van der Waals surface area contributed by atoms with Crippen molar-refractivity contribution < 1.29 is 4.74 Å². The average Bonchev–Trinajstić information content (AvgIpc) is 3.23. The van der Waals surface area contributed by atoms with Crippen LogP contribution in [0.4, 0.5) is 10.8 Å². The molecule has 4 aromatic rings. The van der Waals surface area contributed by atoms with Crippen molar-refractivity contribution in [1.82, 2.24) is 4.98 Å². The summed E-state index contributed by atoms with van der Waals surface area (Å²) >= 11 is 1.70. The second-order valence-corrected chi connectivity index (χ2v) is 7.15. The molecule has 4 rings (SSSR count). The first-order valence-electron chi connectivity index (χ1n) is 8.80. The van der Waals surface area contributed by atoms with Gasteiger partial charge >= 0.3 is 0 Å². The summed E-state index contributed by atoms with van der Waals surface area (Å²) in [6, 6.07) is 29.0. The third kappa shape index (κ3) is 4.01. The van der Waals surface area contributed by atoms with Crippen LogP contribution in [0.3, 0.4) is 0 Å². The number of aromatic nitrogens is 1. The monoisotopic (exact) mass is 372 g/mol. The summed E-state index contributed by atoms with van der Waals surface area (Å²) in [5, 5.41) is 0.982. The van der Waals surface area contributed by atoms with Crippen molar-refractivity contribution in [2.75, 3.05) is 12.0 Å². The molecule has 1 aromatic heterocycles. The van der Waals surface area contributed by atoms with E-state index in [1.54, 1.807) is 18.4 Å². The van der Waals surface area contributed by atoms with Crippen LogP contribution in [0.1, 0.15) is 5.56 Å². The number of methoxy groups -OCH3 is 1.